The van der Waals surface area contributed by atoms with Crippen molar-refractivity contribution in [1.29, 1.82) is 5.26 Å². The minimum atomic E-state index is -1.15. The number of hydrogen-bond donors (Lipinski definition) is 2. The Morgan fingerprint density at radius 2 is 2.20 bits per heavy atom. The van der Waals surface area contributed by atoms with Crippen LogP contribution in [-0.4, -0.2) is 30.6 Å². The quantitative estimate of drug-likeness (QED) is 0.575. The van der Waals surface area contributed by atoms with E-state index in [0.717, 1.165) is 0 Å². The summed E-state index contributed by atoms with van der Waals surface area (Å²) in [4.78, 5) is 22.5. The molecule has 2 N–H and O–H groups in total. The smallest absolute Gasteiger partial charge is 0.336 e. The van der Waals surface area contributed by atoms with Crippen LogP contribution in [0.1, 0.15) is 34.3 Å². The molecule has 0 unspecified atom stereocenters. The van der Waals surface area contributed by atoms with Crippen LogP contribution in [0.15, 0.2) is 18.2 Å². The molecule has 0 fully saturated rings. The van der Waals surface area contributed by atoms with Gasteiger partial charge in [0.05, 0.1) is 17.2 Å². The van der Waals surface area contributed by atoms with E-state index >= 15 is 0 Å². The van der Waals surface area contributed by atoms with Gasteiger partial charge >= 0.3 is 11.9 Å². The molecule has 0 aliphatic carbocycles. The molecule has 0 bridgehead atoms. The number of carbonyl (C=O) groups is 2. The summed E-state index contributed by atoms with van der Waals surface area (Å²) in [5, 5.41) is 20.7. The van der Waals surface area contributed by atoms with Crippen molar-refractivity contribution in [3.63, 3.8) is 0 Å². The Labute approximate surface area is 117 Å². The first-order valence-corrected chi connectivity index (χ1v) is 6.15. The van der Waals surface area contributed by atoms with Crippen molar-refractivity contribution in [2.24, 2.45) is 0 Å². The van der Waals surface area contributed by atoms with E-state index in [9.17, 15) is 9.59 Å². The second-order valence-electron chi connectivity index (χ2n) is 4.16. The first kappa shape index (κ1) is 15.7. The summed E-state index contributed by atoms with van der Waals surface area (Å²) < 4.78 is 5.03. The highest BCUT2D eigenvalue weighted by molar-refractivity contribution is 5.89. The molecule has 106 valence electrons. The van der Waals surface area contributed by atoms with Gasteiger partial charge in [-0.15, -0.1) is 0 Å². The van der Waals surface area contributed by atoms with E-state index in [-0.39, 0.29) is 30.1 Å². The number of carboxylic acid groups (broad SMARTS) is 1. The zero-order chi connectivity index (χ0) is 15.0. The number of nitriles is 1. The zero-order valence-corrected chi connectivity index (χ0v) is 11.2. The summed E-state index contributed by atoms with van der Waals surface area (Å²) in [6.07, 6.45) is 0.939. The third-order valence-electron chi connectivity index (χ3n) is 2.67. The van der Waals surface area contributed by atoms with Gasteiger partial charge in [-0.1, -0.05) is 6.07 Å². The molecule has 0 aliphatic heterocycles. The lowest BCUT2D eigenvalue weighted by Gasteiger charge is -2.08. The van der Waals surface area contributed by atoms with Crippen molar-refractivity contribution in [2.45, 2.75) is 19.4 Å². The molecular formula is C14H16N2O4. The SMILES string of the molecule is CNCCCC(=O)OCc1ccc(C#N)cc1C(=O)O. The van der Waals surface area contributed by atoms with E-state index in [1.807, 2.05) is 6.07 Å². The molecule has 1 aromatic carbocycles. The van der Waals surface area contributed by atoms with Crippen molar-refractivity contribution >= 4 is 11.9 Å². The van der Waals surface area contributed by atoms with Crippen LogP contribution in [0.4, 0.5) is 0 Å². The van der Waals surface area contributed by atoms with Crippen molar-refractivity contribution in [1.82, 2.24) is 5.32 Å². The summed E-state index contributed by atoms with van der Waals surface area (Å²) in [6, 6.07) is 6.13. The molecule has 1 aromatic rings. The normalized spacial score (nSPS) is 9.80. The molecule has 0 amide bonds. The first-order valence-electron chi connectivity index (χ1n) is 6.15. The first-order chi connectivity index (χ1) is 9.58. The van der Waals surface area contributed by atoms with Crippen molar-refractivity contribution < 1.29 is 19.4 Å². The van der Waals surface area contributed by atoms with Gasteiger partial charge in [-0.2, -0.15) is 5.26 Å². The molecule has 0 aliphatic rings. The third-order valence-corrected chi connectivity index (χ3v) is 2.67. The molecule has 0 saturated heterocycles. The average Bonchev–Trinajstić information content (AvgIpc) is 2.45. The van der Waals surface area contributed by atoms with E-state index < -0.39 is 5.97 Å². The van der Waals surface area contributed by atoms with Gasteiger partial charge in [0.15, 0.2) is 0 Å². The predicted octanol–water partition coefficient (Wildman–Crippen LogP) is 1.30. The highest BCUT2D eigenvalue weighted by Gasteiger charge is 2.13. The predicted molar refractivity (Wildman–Crippen MR) is 71.1 cm³/mol. The van der Waals surface area contributed by atoms with E-state index in [2.05, 4.69) is 5.32 Å². The van der Waals surface area contributed by atoms with Crippen LogP contribution in [0.3, 0.4) is 0 Å². The molecule has 0 saturated carbocycles. The zero-order valence-electron chi connectivity index (χ0n) is 11.2. The van der Waals surface area contributed by atoms with Crippen LogP contribution in [0.2, 0.25) is 0 Å². The average molecular weight is 276 g/mol. The molecular weight excluding hydrogens is 260 g/mol. The number of hydrogen-bond acceptors (Lipinski definition) is 5. The van der Waals surface area contributed by atoms with E-state index in [0.29, 0.717) is 18.5 Å². The largest absolute Gasteiger partial charge is 0.478 e. The minimum Gasteiger partial charge on any atom is -0.478 e. The topological polar surface area (TPSA) is 99.4 Å². The molecule has 0 spiro atoms. The third kappa shape index (κ3) is 4.71. The van der Waals surface area contributed by atoms with Crippen LogP contribution in [0.25, 0.3) is 0 Å². The Balaban J connectivity index is 2.66. The molecule has 0 aromatic heterocycles. The monoisotopic (exact) mass is 276 g/mol. The van der Waals surface area contributed by atoms with Gasteiger partial charge in [-0.25, -0.2) is 4.79 Å². The van der Waals surface area contributed by atoms with Gasteiger partial charge in [0.25, 0.3) is 0 Å². The standard InChI is InChI=1S/C14H16N2O4/c1-16-6-2-3-13(17)20-9-11-5-4-10(8-15)7-12(11)14(18)19/h4-5,7,16H,2-3,6,9H2,1H3,(H,18,19). The van der Waals surface area contributed by atoms with E-state index in [4.69, 9.17) is 15.1 Å². The Morgan fingerprint density at radius 3 is 2.80 bits per heavy atom. The Bertz CT molecular complexity index is 534. The van der Waals surface area contributed by atoms with Gasteiger partial charge in [0.1, 0.15) is 6.61 Å². The van der Waals surface area contributed by atoms with Gasteiger partial charge in [0.2, 0.25) is 0 Å². The number of esters is 1. The number of nitrogens with zero attached hydrogens (tertiary/aromatic N) is 1. The van der Waals surface area contributed by atoms with Gasteiger partial charge < -0.3 is 15.2 Å². The van der Waals surface area contributed by atoms with Gasteiger partial charge in [-0.3, -0.25) is 4.79 Å². The number of carboxylic acids is 1. The molecule has 20 heavy (non-hydrogen) atoms. The van der Waals surface area contributed by atoms with Crippen molar-refractivity contribution in [3.8, 4) is 6.07 Å². The lowest BCUT2D eigenvalue weighted by molar-refractivity contribution is -0.145. The summed E-state index contributed by atoms with van der Waals surface area (Å²) in [7, 11) is 1.79. The summed E-state index contributed by atoms with van der Waals surface area (Å²) in [5.41, 5.74) is 0.608. The van der Waals surface area contributed by atoms with Gasteiger partial charge in [0, 0.05) is 12.0 Å². The molecule has 0 heterocycles. The number of benzene rings is 1. The fraction of sp³-hybridized carbons (Fsp3) is 0.357. The second kappa shape index (κ2) is 7.92. The molecule has 1 rings (SSSR count). The summed E-state index contributed by atoms with van der Waals surface area (Å²) in [6.45, 7) is 0.609. The Hall–Kier alpha value is -2.39. The van der Waals surface area contributed by atoms with Crippen LogP contribution in [0.5, 0.6) is 0 Å². The fourth-order valence-corrected chi connectivity index (χ4v) is 1.61. The molecule has 6 heteroatoms. The Morgan fingerprint density at radius 1 is 1.45 bits per heavy atom. The number of aromatic carboxylic acids is 1. The molecule has 6 nitrogen and oxygen atoms in total. The van der Waals surface area contributed by atoms with Crippen molar-refractivity contribution in [3.05, 3.63) is 34.9 Å². The second-order valence-corrected chi connectivity index (χ2v) is 4.16. The maximum atomic E-state index is 11.4. The van der Waals surface area contributed by atoms with E-state index in [1.165, 1.54) is 18.2 Å². The highest BCUT2D eigenvalue weighted by Crippen LogP contribution is 2.13. The van der Waals surface area contributed by atoms with Crippen molar-refractivity contribution in [2.75, 3.05) is 13.6 Å². The van der Waals surface area contributed by atoms with Crippen LogP contribution in [0, 0.1) is 11.3 Å². The maximum absolute atomic E-state index is 11.4. The maximum Gasteiger partial charge on any atom is 0.336 e. The minimum absolute atomic E-state index is 0.0212. The van der Waals surface area contributed by atoms with Crippen LogP contribution < -0.4 is 5.32 Å². The van der Waals surface area contributed by atoms with Crippen LogP contribution >= 0.6 is 0 Å². The van der Waals surface area contributed by atoms with Crippen LogP contribution in [-0.2, 0) is 16.1 Å². The number of carbonyl (C=O) groups excluding carboxylic acids is 1. The summed E-state index contributed by atoms with van der Waals surface area (Å²) >= 11 is 0. The molecule has 0 atom stereocenters. The lowest BCUT2D eigenvalue weighted by Crippen LogP contribution is -2.12. The lowest BCUT2D eigenvalue weighted by atomic mass is 10.1. The Kier molecular flexibility index (Phi) is 6.20. The van der Waals surface area contributed by atoms with E-state index in [1.54, 1.807) is 7.05 Å². The molecule has 0 radical (unpaired) electrons. The number of ether oxygens (including phenoxy) is 1. The number of nitrogens with one attached hydrogen (secondary N) is 1. The number of rotatable bonds is 7. The summed E-state index contributed by atoms with van der Waals surface area (Å²) in [5.74, 6) is -1.52. The fourth-order valence-electron chi connectivity index (χ4n) is 1.61. The van der Waals surface area contributed by atoms with Gasteiger partial charge in [-0.05, 0) is 32.1 Å². The highest BCUT2D eigenvalue weighted by atomic mass is 16.5.